The predicted octanol–water partition coefficient (Wildman–Crippen LogP) is 9.00. The molecule has 7 rings (SSSR count). The van der Waals surface area contributed by atoms with E-state index in [1.807, 2.05) is 6.07 Å². The third kappa shape index (κ3) is 14.5. The molecule has 4 aromatic carbocycles. The van der Waals surface area contributed by atoms with Gasteiger partial charge in [0.2, 0.25) is 5.13 Å². The quantitative estimate of drug-likeness (QED) is 0.0254. The predicted molar refractivity (Wildman–Crippen MR) is 265 cm³/mol. The first-order valence-electron chi connectivity index (χ1n) is 23.6. The minimum Gasteiger partial charge on any atom is -0.508 e. The molecule has 72 heavy (non-hydrogen) atoms. The number of allylic oxidation sites excluding steroid dienone is 1. The van der Waals surface area contributed by atoms with E-state index in [9.17, 15) is 39.1 Å². The summed E-state index contributed by atoms with van der Waals surface area (Å²) < 4.78 is 34.6. The number of carbonyl (C=O) groups is 6. The van der Waals surface area contributed by atoms with Gasteiger partial charge in [-0.3, -0.25) is 34.8 Å². The molecule has 0 aliphatic heterocycles. The van der Waals surface area contributed by atoms with Gasteiger partial charge in [0.05, 0.1) is 65.5 Å². The topological polar surface area (TPSA) is 239 Å². The molecule has 2 saturated carbocycles. The van der Waals surface area contributed by atoms with Crippen molar-refractivity contribution in [2.24, 2.45) is 29.6 Å². The number of thiazole rings is 1. The number of nitrogens with zero attached hydrogens (tertiary/aromatic N) is 2. The lowest BCUT2D eigenvalue weighted by atomic mass is 9.82. The summed E-state index contributed by atoms with van der Waals surface area (Å²) in [7, 11) is 0. The first kappa shape index (κ1) is 51.8. The minimum absolute atomic E-state index is 0.0385. The molecule has 0 saturated heterocycles. The fraction of sp³-hybridized carbons (Fsp3) is 0.333. The van der Waals surface area contributed by atoms with E-state index < -0.39 is 35.7 Å². The number of carbonyl (C=O) groups excluding carboxylic acids is 6. The van der Waals surface area contributed by atoms with Crippen molar-refractivity contribution in [2.75, 3.05) is 30.7 Å². The van der Waals surface area contributed by atoms with Crippen molar-refractivity contribution in [1.82, 2.24) is 4.98 Å². The molecule has 1 unspecified atom stereocenters. The average Bonchev–Trinajstić information content (AvgIpc) is 3.85. The summed E-state index contributed by atoms with van der Waals surface area (Å²) in [5.41, 5.74) is 8.62. The molecule has 17 nitrogen and oxygen atoms in total. The van der Waals surface area contributed by atoms with Crippen LogP contribution in [0.25, 0.3) is 10.2 Å². The van der Waals surface area contributed by atoms with Crippen LogP contribution in [0.5, 0.6) is 28.7 Å². The van der Waals surface area contributed by atoms with E-state index in [1.54, 1.807) is 54.6 Å². The van der Waals surface area contributed by atoms with Gasteiger partial charge in [0.15, 0.2) is 11.5 Å². The van der Waals surface area contributed by atoms with Crippen molar-refractivity contribution in [3.05, 3.63) is 121 Å². The third-order valence-corrected chi connectivity index (χ3v) is 13.5. The molecule has 5 aromatic rings. The van der Waals surface area contributed by atoms with Gasteiger partial charge in [-0.1, -0.05) is 30.6 Å². The highest BCUT2D eigenvalue weighted by Gasteiger charge is 2.34. The van der Waals surface area contributed by atoms with Gasteiger partial charge in [0.25, 0.3) is 0 Å². The van der Waals surface area contributed by atoms with Crippen LogP contribution >= 0.6 is 11.3 Å². The zero-order chi connectivity index (χ0) is 51.0. The lowest BCUT2D eigenvalue weighted by Crippen LogP contribution is -2.30. The van der Waals surface area contributed by atoms with Crippen LogP contribution < -0.4 is 29.8 Å². The number of hydrogen-bond donors (Lipinski definition) is 3. The second-order valence-electron chi connectivity index (χ2n) is 17.5. The van der Waals surface area contributed by atoms with Gasteiger partial charge in [0.1, 0.15) is 28.5 Å². The molecule has 1 heterocycles. The van der Waals surface area contributed by atoms with Crippen LogP contribution in [0.3, 0.4) is 0 Å². The highest BCUT2D eigenvalue weighted by atomic mass is 32.1. The number of aromatic nitrogens is 1. The Hall–Kier alpha value is -8.04. The molecule has 1 atom stereocenters. The largest absolute Gasteiger partial charge is 0.508 e. The lowest BCUT2D eigenvalue weighted by molar-refractivity contribution is -0.152. The number of nitrogens with one attached hydrogen (secondary N) is 2. The normalized spacial score (nSPS) is 17.7. The van der Waals surface area contributed by atoms with Crippen molar-refractivity contribution in [3.8, 4) is 34.8 Å². The number of phenols is 1. The maximum absolute atomic E-state index is 13.7. The number of fused-ring (bicyclic) bond motifs is 1. The molecular formula is C54H54N4O13S. The number of anilines is 2. The monoisotopic (exact) mass is 998 g/mol. The minimum atomic E-state index is -0.607. The molecule has 2 fully saturated rings. The number of hydrogen-bond acceptors (Lipinski definition) is 18. The molecule has 374 valence electrons. The number of esters is 5. The standard InChI is InChI=1S/C54H54N4O13S/c1-3-41(59)29-34(32-68-47(61)4-2)31-67-43-22-24-45(25-23-43)70-52(64)38-11-13-39(14-12-38)53(65)71-46-26-15-35(49-48(46)56-54(72-49)58-57-40-16-5-33(30-55)6-17-40)27-28-66-50(62)36-7-9-37(10-8-36)51(63)69-44-20-18-42(60)19-21-44/h3-6,15-26,34,36-39,57,60H,1-2,7-14,27-29,31-32H2,(H,56,58). The van der Waals surface area contributed by atoms with Crippen molar-refractivity contribution in [3.63, 3.8) is 0 Å². The lowest BCUT2D eigenvalue weighted by Gasteiger charge is -2.26. The van der Waals surface area contributed by atoms with Crippen molar-refractivity contribution < 1.29 is 62.3 Å². The third-order valence-electron chi connectivity index (χ3n) is 12.5. The Morgan fingerprint density at radius 1 is 0.681 bits per heavy atom. The van der Waals surface area contributed by atoms with Crippen molar-refractivity contribution >= 4 is 68.0 Å². The van der Waals surface area contributed by atoms with E-state index in [4.69, 9.17) is 33.4 Å². The molecule has 0 spiro atoms. The SMILES string of the molecule is C=CC(=O)CC(COC(=O)C=C)COc1ccc(OC(=O)C2CCC(C(=O)Oc3ccc(CCOC(=O)C4CCC(C(=O)Oc5ccc(O)cc5)CC4)c4sc(NNc5ccc(C#N)cc5)nc34)CC2)cc1. The van der Waals surface area contributed by atoms with Crippen molar-refractivity contribution in [1.29, 1.82) is 5.26 Å². The van der Waals surface area contributed by atoms with E-state index in [0.717, 1.165) is 16.3 Å². The van der Waals surface area contributed by atoms with Crippen LogP contribution in [-0.4, -0.2) is 65.5 Å². The Labute approximate surface area is 419 Å². The molecule has 2 aliphatic carbocycles. The van der Waals surface area contributed by atoms with Crippen molar-refractivity contribution in [2.45, 2.75) is 64.2 Å². The maximum atomic E-state index is 13.7. The molecule has 0 bridgehead atoms. The van der Waals surface area contributed by atoms with Crippen LogP contribution in [-0.2, 0) is 44.7 Å². The number of hydrazine groups is 1. The first-order valence-corrected chi connectivity index (χ1v) is 24.4. The number of ketones is 1. The molecule has 2 aliphatic rings. The maximum Gasteiger partial charge on any atom is 0.330 e. The highest BCUT2D eigenvalue weighted by Crippen LogP contribution is 2.38. The Morgan fingerprint density at radius 3 is 1.81 bits per heavy atom. The van der Waals surface area contributed by atoms with Gasteiger partial charge < -0.3 is 33.5 Å². The van der Waals surface area contributed by atoms with Crippen LogP contribution in [0.2, 0.25) is 0 Å². The Balaban J connectivity index is 0.913. The Morgan fingerprint density at radius 2 is 1.24 bits per heavy atom. The van der Waals surface area contributed by atoms with Crippen LogP contribution in [0.15, 0.2) is 110 Å². The van der Waals surface area contributed by atoms with E-state index >= 15 is 0 Å². The van der Waals surface area contributed by atoms with E-state index in [-0.39, 0.29) is 67.3 Å². The van der Waals surface area contributed by atoms with Gasteiger partial charge in [-0.05, 0) is 142 Å². The summed E-state index contributed by atoms with van der Waals surface area (Å²) in [6.45, 7) is 7.00. The number of nitriles is 1. The van der Waals surface area contributed by atoms with Gasteiger partial charge in [0, 0.05) is 24.8 Å². The second-order valence-corrected chi connectivity index (χ2v) is 18.5. The van der Waals surface area contributed by atoms with Gasteiger partial charge >= 0.3 is 29.8 Å². The summed E-state index contributed by atoms with van der Waals surface area (Å²) in [5, 5.41) is 19.2. The summed E-state index contributed by atoms with van der Waals surface area (Å²) in [6.07, 6.45) is 6.23. The Bertz CT molecular complexity index is 2790. The van der Waals surface area contributed by atoms with Gasteiger partial charge in [-0.25, -0.2) is 9.78 Å². The molecular weight excluding hydrogens is 945 g/mol. The Kier molecular flexibility index (Phi) is 18.1. The molecule has 3 N–H and O–H groups in total. The fourth-order valence-corrected chi connectivity index (χ4v) is 9.32. The molecule has 0 amide bonds. The molecule has 1 aromatic heterocycles. The number of ether oxygens (including phenoxy) is 6. The summed E-state index contributed by atoms with van der Waals surface area (Å²) in [5.74, 6) is -2.97. The second kappa shape index (κ2) is 25.2. The molecule has 18 heteroatoms. The van der Waals surface area contributed by atoms with E-state index in [2.05, 4.69) is 30.1 Å². The van der Waals surface area contributed by atoms with Crippen LogP contribution in [0, 0.1) is 40.9 Å². The number of rotatable bonds is 22. The zero-order valence-electron chi connectivity index (χ0n) is 39.4. The molecule has 0 radical (unpaired) electrons. The smallest absolute Gasteiger partial charge is 0.330 e. The number of phenolic OH excluding ortho intramolecular Hbond substituents is 1. The first-order chi connectivity index (χ1) is 34.9. The zero-order valence-corrected chi connectivity index (χ0v) is 40.2. The number of benzene rings is 4. The van der Waals surface area contributed by atoms with E-state index in [1.165, 1.54) is 41.7 Å². The van der Waals surface area contributed by atoms with E-state index in [0.29, 0.717) is 96.9 Å². The summed E-state index contributed by atoms with van der Waals surface area (Å²) in [6, 6.07) is 24.8. The van der Waals surface area contributed by atoms with Gasteiger partial charge in [-0.2, -0.15) is 5.26 Å². The van der Waals surface area contributed by atoms with Gasteiger partial charge in [-0.15, -0.1) is 0 Å². The summed E-state index contributed by atoms with van der Waals surface area (Å²) in [4.78, 5) is 81.1. The highest BCUT2D eigenvalue weighted by molar-refractivity contribution is 7.22. The van der Waals surface area contributed by atoms with Crippen LogP contribution in [0.1, 0.15) is 68.9 Å². The average molecular weight is 999 g/mol. The van der Waals surface area contributed by atoms with Crippen LogP contribution in [0.4, 0.5) is 10.8 Å². The summed E-state index contributed by atoms with van der Waals surface area (Å²) >= 11 is 1.32. The number of aromatic hydroxyl groups is 1. The fourth-order valence-electron chi connectivity index (χ4n) is 8.35.